The minimum Gasteiger partial charge on any atom is -0.478 e. The van der Waals surface area contributed by atoms with Gasteiger partial charge in [0.1, 0.15) is 5.76 Å². The Balaban J connectivity index is 1.94. The molecule has 1 aromatic carbocycles. The fourth-order valence-electron chi connectivity index (χ4n) is 1.89. The molecule has 1 amide bonds. The van der Waals surface area contributed by atoms with Crippen LogP contribution in [0.15, 0.2) is 40.8 Å². The molecule has 0 saturated heterocycles. The van der Waals surface area contributed by atoms with Crippen molar-refractivity contribution in [1.82, 2.24) is 5.32 Å². The summed E-state index contributed by atoms with van der Waals surface area (Å²) >= 11 is 0. The molecule has 0 fully saturated rings. The van der Waals surface area contributed by atoms with E-state index in [0.717, 1.165) is 0 Å². The van der Waals surface area contributed by atoms with E-state index >= 15 is 0 Å². The van der Waals surface area contributed by atoms with Crippen molar-refractivity contribution in [3.05, 3.63) is 53.7 Å². The predicted octanol–water partition coefficient (Wildman–Crippen LogP) is 2.59. The van der Waals surface area contributed by atoms with Gasteiger partial charge < -0.3 is 19.6 Å². The Morgan fingerprint density at radius 3 is 2.65 bits per heavy atom. The maximum absolute atomic E-state index is 13.6. The van der Waals surface area contributed by atoms with Gasteiger partial charge in [-0.05, 0) is 30.7 Å². The third-order valence-corrected chi connectivity index (χ3v) is 3.08. The number of ether oxygens (including phenoxy) is 1. The Labute approximate surface area is 131 Å². The molecule has 7 heteroatoms. The number of hydrogen-bond donors (Lipinski definition) is 2. The lowest BCUT2D eigenvalue weighted by molar-refractivity contribution is -0.128. The molecule has 122 valence electrons. The molecule has 2 N–H and O–H groups in total. The minimum absolute atomic E-state index is 0.000613. The molecule has 2 rings (SSSR count). The quantitative estimate of drug-likeness (QED) is 0.818. The van der Waals surface area contributed by atoms with E-state index in [4.69, 9.17) is 14.3 Å². The predicted molar refractivity (Wildman–Crippen MR) is 78.6 cm³/mol. The minimum atomic E-state index is -1.18. The highest BCUT2D eigenvalue weighted by molar-refractivity contribution is 5.84. The van der Waals surface area contributed by atoms with E-state index in [1.54, 1.807) is 13.0 Å². The summed E-state index contributed by atoms with van der Waals surface area (Å²) in [7, 11) is 0. The molecule has 6 nitrogen and oxygen atoms in total. The van der Waals surface area contributed by atoms with E-state index in [1.165, 1.54) is 30.3 Å². The molecule has 1 atom stereocenters. The van der Waals surface area contributed by atoms with Crippen LogP contribution in [0.5, 0.6) is 5.75 Å². The zero-order valence-electron chi connectivity index (χ0n) is 12.4. The first-order valence-corrected chi connectivity index (χ1v) is 7.02. The molecular weight excluding hydrogens is 305 g/mol. The van der Waals surface area contributed by atoms with Gasteiger partial charge in [0.15, 0.2) is 17.7 Å². The van der Waals surface area contributed by atoms with Gasteiger partial charge in [-0.3, -0.25) is 4.79 Å². The van der Waals surface area contributed by atoms with E-state index in [-0.39, 0.29) is 18.1 Å². The van der Waals surface area contributed by atoms with Gasteiger partial charge in [-0.1, -0.05) is 19.1 Å². The van der Waals surface area contributed by atoms with Gasteiger partial charge >= 0.3 is 5.97 Å². The maximum atomic E-state index is 13.6. The Bertz CT molecular complexity index is 697. The number of hydrogen-bond acceptors (Lipinski definition) is 4. The smallest absolute Gasteiger partial charge is 0.371 e. The first-order chi connectivity index (χ1) is 11.0. The molecule has 23 heavy (non-hydrogen) atoms. The first-order valence-electron chi connectivity index (χ1n) is 7.02. The second-order valence-corrected chi connectivity index (χ2v) is 4.73. The molecule has 1 aromatic heterocycles. The highest BCUT2D eigenvalue weighted by Crippen LogP contribution is 2.18. The van der Waals surface area contributed by atoms with Crippen LogP contribution in [-0.4, -0.2) is 23.1 Å². The number of rotatable bonds is 7. The first kappa shape index (κ1) is 16.5. The number of halogens is 1. The number of amides is 1. The van der Waals surface area contributed by atoms with Crippen molar-refractivity contribution in [2.24, 2.45) is 0 Å². The molecule has 2 aromatic rings. The van der Waals surface area contributed by atoms with E-state index < -0.39 is 23.8 Å². The van der Waals surface area contributed by atoms with Gasteiger partial charge in [0.05, 0.1) is 6.54 Å². The fourth-order valence-corrected chi connectivity index (χ4v) is 1.89. The monoisotopic (exact) mass is 321 g/mol. The van der Waals surface area contributed by atoms with E-state index in [9.17, 15) is 14.0 Å². The lowest BCUT2D eigenvalue weighted by atomic mass is 10.2. The molecule has 0 aliphatic heterocycles. The van der Waals surface area contributed by atoms with Crippen LogP contribution >= 0.6 is 0 Å². The summed E-state index contributed by atoms with van der Waals surface area (Å²) in [5, 5.41) is 11.3. The second kappa shape index (κ2) is 7.44. The normalized spacial score (nSPS) is 11.7. The van der Waals surface area contributed by atoms with Crippen molar-refractivity contribution >= 4 is 11.9 Å². The van der Waals surface area contributed by atoms with Crippen molar-refractivity contribution in [3.63, 3.8) is 0 Å². The third kappa shape index (κ3) is 4.32. The van der Waals surface area contributed by atoms with Crippen LogP contribution in [0.2, 0.25) is 0 Å². The van der Waals surface area contributed by atoms with Crippen molar-refractivity contribution < 1.29 is 28.2 Å². The van der Waals surface area contributed by atoms with Crippen LogP contribution in [0.25, 0.3) is 0 Å². The summed E-state index contributed by atoms with van der Waals surface area (Å²) in [6.45, 7) is 1.75. The van der Waals surface area contributed by atoms with E-state index in [1.807, 2.05) is 0 Å². The van der Waals surface area contributed by atoms with Gasteiger partial charge in [0, 0.05) is 0 Å². The van der Waals surface area contributed by atoms with E-state index in [0.29, 0.717) is 12.2 Å². The topological polar surface area (TPSA) is 88.8 Å². The van der Waals surface area contributed by atoms with Crippen LogP contribution in [0, 0.1) is 5.82 Å². The zero-order chi connectivity index (χ0) is 16.8. The summed E-state index contributed by atoms with van der Waals surface area (Å²) < 4.78 is 24.0. The number of carbonyl (C=O) groups is 2. The van der Waals surface area contributed by atoms with Gasteiger partial charge in [0.2, 0.25) is 5.76 Å². The highest BCUT2D eigenvalue weighted by atomic mass is 19.1. The number of carbonyl (C=O) groups excluding carboxylic acids is 1. The maximum Gasteiger partial charge on any atom is 0.371 e. The number of nitrogens with one attached hydrogen (secondary N) is 1. The summed E-state index contributed by atoms with van der Waals surface area (Å²) in [4.78, 5) is 22.8. The second-order valence-electron chi connectivity index (χ2n) is 4.73. The standard InChI is InChI=1S/C16H16FNO5/c1-2-12(23-13-6-4-3-5-11(13)17)15(19)18-9-10-7-8-14(22-10)16(20)21/h3-8,12H,2,9H2,1H3,(H,18,19)(H,20,21). The molecule has 0 aliphatic rings. The summed E-state index contributed by atoms with van der Waals surface area (Å²) in [6, 6.07) is 8.59. The van der Waals surface area contributed by atoms with Crippen molar-refractivity contribution in [3.8, 4) is 5.75 Å². The Kier molecular flexibility index (Phi) is 5.35. The molecule has 0 bridgehead atoms. The average molecular weight is 321 g/mol. The van der Waals surface area contributed by atoms with Crippen LogP contribution in [0.3, 0.4) is 0 Å². The average Bonchev–Trinajstić information content (AvgIpc) is 3.01. The third-order valence-electron chi connectivity index (χ3n) is 3.08. The van der Waals surface area contributed by atoms with Crippen LogP contribution in [-0.2, 0) is 11.3 Å². The van der Waals surface area contributed by atoms with Crippen LogP contribution in [0.4, 0.5) is 4.39 Å². The molecule has 0 spiro atoms. The Morgan fingerprint density at radius 2 is 2.04 bits per heavy atom. The van der Waals surface area contributed by atoms with Gasteiger partial charge in [-0.25, -0.2) is 9.18 Å². The molecule has 0 saturated carbocycles. The van der Waals surface area contributed by atoms with E-state index in [2.05, 4.69) is 5.32 Å². The fraction of sp³-hybridized carbons (Fsp3) is 0.250. The molecule has 0 radical (unpaired) electrons. The lowest BCUT2D eigenvalue weighted by Crippen LogP contribution is -2.37. The Hall–Kier alpha value is -2.83. The van der Waals surface area contributed by atoms with Gasteiger partial charge in [-0.2, -0.15) is 0 Å². The van der Waals surface area contributed by atoms with Crippen molar-refractivity contribution in [1.29, 1.82) is 0 Å². The Morgan fingerprint density at radius 1 is 1.30 bits per heavy atom. The number of carboxylic acids is 1. The largest absolute Gasteiger partial charge is 0.478 e. The lowest BCUT2D eigenvalue weighted by Gasteiger charge is -2.17. The summed E-state index contributed by atoms with van der Waals surface area (Å²) in [6.07, 6.45) is -0.514. The van der Waals surface area contributed by atoms with Crippen molar-refractivity contribution in [2.45, 2.75) is 26.0 Å². The van der Waals surface area contributed by atoms with Crippen molar-refractivity contribution in [2.75, 3.05) is 0 Å². The highest BCUT2D eigenvalue weighted by Gasteiger charge is 2.20. The van der Waals surface area contributed by atoms with Gasteiger partial charge in [0.25, 0.3) is 5.91 Å². The molecule has 1 heterocycles. The number of para-hydroxylation sites is 1. The van der Waals surface area contributed by atoms with Gasteiger partial charge in [-0.15, -0.1) is 0 Å². The molecule has 1 unspecified atom stereocenters. The number of benzene rings is 1. The van der Waals surface area contributed by atoms with Crippen LogP contribution in [0.1, 0.15) is 29.7 Å². The number of furan rings is 1. The zero-order valence-corrected chi connectivity index (χ0v) is 12.4. The summed E-state index contributed by atoms with van der Waals surface area (Å²) in [5.74, 6) is -2.07. The number of aromatic carboxylic acids is 1. The SMILES string of the molecule is CCC(Oc1ccccc1F)C(=O)NCc1ccc(C(=O)O)o1. The molecular formula is C16H16FNO5. The summed E-state index contributed by atoms with van der Waals surface area (Å²) in [5.41, 5.74) is 0. The number of carboxylic acid groups (broad SMARTS) is 1. The molecule has 0 aliphatic carbocycles. The van der Waals surface area contributed by atoms with Crippen LogP contribution < -0.4 is 10.1 Å².